The number of amides is 1. The molecule has 2 aromatic rings. The molecule has 1 saturated heterocycles. The summed E-state index contributed by atoms with van der Waals surface area (Å²) in [6.45, 7) is 11.2. The highest BCUT2D eigenvalue weighted by Crippen LogP contribution is 2.23. The van der Waals surface area contributed by atoms with Crippen LogP contribution >= 0.6 is 11.5 Å². The highest BCUT2D eigenvalue weighted by molar-refractivity contribution is 7.09. The van der Waals surface area contributed by atoms with Crippen LogP contribution in [0.25, 0.3) is 0 Å². The molecule has 3 rings (SSSR count). The van der Waals surface area contributed by atoms with Gasteiger partial charge in [-0.1, -0.05) is 50.6 Å². The van der Waals surface area contributed by atoms with Gasteiger partial charge in [-0.25, -0.2) is 4.98 Å². The maximum atomic E-state index is 12.4. The quantitative estimate of drug-likeness (QED) is 0.846. The van der Waals surface area contributed by atoms with Gasteiger partial charge in [-0.05, 0) is 12.5 Å². The summed E-state index contributed by atoms with van der Waals surface area (Å²) in [6.07, 6.45) is 0.763. The molecule has 0 spiro atoms. The molecule has 1 aromatic carbocycles. The first-order chi connectivity index (χ1) is 11.8. The summed E-state index contributed by atoms with van der Waals surface area (Å²) in [5.74, 6) is 1.10. The molecule has 2 heterocycles. The molecule has 1 aliphatic heterocycles. The van der Waals surface area contributed by atoms with Gasteiger partial charge in [-0.2, -0.15) is 4.37 Å². The minimum Gasteiger partial charge on any atom is -0.343 e. The van der Waals surface area contributed by atoms with Gasteiger partial charge in [0, 0.05) is 49.5 Å². The Kier molecular flexibility index (Phi) is 5.08. The van der Waals surface area contributed by atoms with E-state index in [2.05, 4.69) is 40.5 Å². The fraction of sp³-hybridized carbons (Fsp3) is 0.526. The van der Waals surface area contributed by atoms with Crippen LogP contribution in [0.3, 0.4) is 0 Å². The van der Waals surface area contributed by atoms with Crippen molar-refractivity contribution in [1.82, 2.24) is 14.3 Å². The predicted molar refractivity (Wildman–Crippen MR) is 102 cm³/mol. The Labute approximate surface area is 153 Å². The number of aryl methyl sites for hydroxylation is 1. The number of carbonyl (C=O) groups excluding carboxylic acids is 1. The van der Waals surface area contributed by atoms with E-state index in [0.717, 1.165) is 43.6 Å². The Morgan fingerprint density at radius 2 is 1.76 bits per heavy atom. The Morgan fingerprint density at radius 3 is 2.36 bits per heavy atom. The van der Waals surface area contributed by atoms with E-state index in [1.54, 1.807) is 0 Å². The third-order valence-corrected chi connectivity index (χ3v) is 5.23. The van der Waals surface area contributed by atoms with Crippen LogP contribution in [0.15, 0.2) is 24.3 Å². The van der Waals surface area contributed by atoms with E-state index in [4.69, 9.17) is 4.98 Å². The van der Waals surface area contributed by atoms with E-state index in [0.29, 0.717) is 0 Å². The molecule has 0 N–H and O–H groups in total. The fourth-order valence-electron chi connectivity index (χ4n) is 2.91. The van der Waals surface area contributed by atoms with E-state index in [1.807, 2.05) is 25.7 Å². The normalized spacial score (nSPS) is 15.5. The molecule has 0 unspecified atom stereocenters. The minimum absolute atomic E-state index is 0.226. The van der Waals surface area contributed by atoms with Crippen molar-refractivity contribution in [2.24, 2.45) is 5.41 Å². The average Bonchev–Trinajstić information content (AvgIpc) is 3.04. The van der Waals surface area contributed by atoms with E-state index < -0.39 is 0 Å². The number of benzene rings is 1. The van der Waals surface area contributed by atoms with Crippen LogP contribution in [0.5, 0.6) is 0 Å². The van der Waals surface area contributed by atoms with Crippen LogP contribution < -0.4 is 4.90 Å². The molecule has 25 heavy (non-hydrogen) atoms. The van der Waals surface area contributed by atoms with Gasteiger partial charge in [0.05, 0.1) is 0 Å². The second kappa shape index (κ2) is 7.12. The summed E-state index contributed by atoms with van der Waals surface area (Å²) in [4.78, 5) is 21.3. The number of piperazine rings is 1. The van der Waals surface area contributed by atoms with Gasteiger partial charge in [0.1, 0.15) is 5.82 Å². The maximum absolute atomic E-state index is 12.4. The van der Waals surface area contributed by atoms with Gasteiger partial charge in [0.15, 0.2) is 0 Å². The van der Waals surface area contributed by atoms with Gasteiger partial charge in [0.2, 0.25) is 11.0 Å². The first kappa shape index (κ1) is 17.9. The van der Waals surface area contributed by atoms with Crippen molar-refractivity contribution in [1.29, 1.82) is 0 Å². The molecule has 0 saturated carbocycles. The Hall–Kier alpha value is -1.95. The van der Waals surface area contributed by atoms with Gasteiger partial charge in [-0.3, -0.25) is 4.79 Å². The summed E-state index contributed by atoms with van der Waals surface area (Å²) < 4.78 is 4.51. The first-order valence-electron chi connectivity index (χ1n) is 8.75. The lowest BCUT2D eigenvalue weighted by Crippen LogP contribution is -2.51. The Balaban J connectivity index is 1.58. The van der Waals surface area contributed by atoms with Crippen molar-refractivity contribution < 1.29 is 4.79 Å². The van der Waals surface area contributed by atoms with Crippen molar-refractivity contribution in [2.45, 2.75) is 34.1 Å². The number of hydrogen-bond donors (Lipinski definition) is 0. The lowest BCUT2D eigenvalue weighted by atomic mass is 9.94. The van der Waals surface area contributed by atoms with E-state index in [-0.39, 0.29) is 11.3 Å². The van der Waals surface area contributed by atoms with E-state index in [1.165, 1.54) is 22.7 Å². The molecule has 134 valence electrons. The monoisotopic (exact) mass is 358 g/mol. The van der Waals surface area contributed by atoms with Crippen molar-refractivity contribution in [2.75, 3.05) is 31.1 Å². The number of nitrogens with zero attached hydrogens (tertiary/aromatic N) is 4. The van der Waals surface area contributed by atoms with Crippen molar-refractivity contribution in [3.05, 3.63) is 41.2 Å². The molecule has 0 aliphatic carbocycles. The predicted octanol–water partition coefficient (Wildman–Crippen LogP) is 3.13. The molecule has 0 bridgehead atoms. The minimum atomic E-state index is -0.313. The van der Waals surface area contributed by atoms with E-state index in [9.17, 15) is 4.79 Å². The summed E-state index contributed by atoms with van der Waals surface area (Å²) in [5, 5.41) is 0.963. The van der Waals surface area contributed by atoms with Crippen molar-refractivity contribution in [3.8, 4) is 0 Å². The lowest BCUT2D eigenvalue weighted by molar-refractivity contribution is -0.139. The fourth-order valence-corrected chi connectivity index (χ4v) is 3.65. The molecular weight excluding hydrogens is 332 g/mol. The molecule has 0 radical (unpaired) electrons. The van der Waals surface area contributed by atoms with Crippen LogP contribution in [0.4, 0.5) is 5.13 Å². The number of anilines is 1. The SMILES string of the molecule is Cc1ccc(Cc2nsc(N3CCN(C(=O)C(C)(C)C)CC3)n2)cc1. The van der Waals surface area contributed by atoms with Crippen LogP contribution in [0, 0.1) is 12.3 Å². The van der Waals surface area contributed by atoms with Crippen LogP contribution in [0.2, 0.25) is 0 Å². The number of rotatable bonds is 3. The van der Waals surface area contributed by atoms with E-state index >= 15 is 0 Å². The van der Waals surface area contributed by atoms with Gasteiger partial charge < -0.3 is 9.80 Å². The molecule has 5 nitrogen and oxygen atoms in total. The summed E-state index contributed by atoms with van der Waals surface area (Å²) in [7, 11) is 0. The van der Waals surface area contributed by atoms with Gasteiger partial charge in [-0.15, -0.1) is 0 Å². The third kappa shape index (κ3) is 4.37. The molecular formula is C19H26N4OS. The van der Waals surface area contributed by atoms with Crippen LogP contribution in [-0.2, 0) is 11.2 Å². The third-order valence-electron chi connectivity index (χ3n) is 4.42. The summed E-state index contributed by atoms with van der Waals surface area (Å²) in [5.41, 5.74) is 2.18. The topological polar surface area (TPSA) is 49.3 Å². The second-order valence-corrected chi connectivity index (χ2v) is 8.42. The standard InChI is InChI=1S/C19H26N4OS/c1-14-5-7-15(8-6-14)13-16-20-18(25-21-16)23-11-9-22(10-12-23)17(24)19(2,3)4/h5-8H,9-13H2,1-4H3. The molecule has 6 heteroatoms. The highest BCUT2D eigenvalue weighted by atomic mass is 32.1. The van der Waals surface area contributed by atoms with Gasteiger partial charge in [0.25, 0.3) is 0 Å². The smallest absolute Gasteiger partial charge is 0.228 e. The van der Waals surface area contributed by atoms with Crippen molar-refractivity contribution >= 4 is 22.6 Å². The van der Waals surface area contributed by atoms with Crippen LogP contribution in [0.1, 0.15) is 37.7 Å². The zero-order chi connectivity index (χ0) is 18.0. The van der Waals surface area contributed by atoms with Crippen molar-refractivity contribution in [3.63, 3.8) is 0 Å². The van der Waals surface area contributed by atoms with Gasteiger partial charge >= 0.3 is 0 Å². The summed E-state index contributed by atoms with van der Waals surface area (Å²) in [6, 6.07) is 8.50. The number of carbonyl (C=O) groups is 1. The average molecular weight is 359 g/mol. The zero-order valence-corrected chi connectivity index (χ0v) is 16.3. The Morgan fingerprint density at radius 1 is 1.12 bits per heavy atom. The Bertz CT molecular complexity index is 725. The highest BCUT2D eigenvalue weighted by Gasteiger charge is 2.30. The second-order valence-electron chi connectivity index (χ2n) is 7.68. The molecule has 1 amide bonds. The lowest BCUT2D eigenvalue weighted by Gasteiger charge is -2.37. The molecule has 1 fully saturated rings. The number of hydrogen-bond acceptors (Lipinski definition) is 5. The maximum Gasteiger partial charge on any atom is 0.228 e. The molecule has 1 aromatic heterocycles. The number of aromatic nitrogens is 2. The molecule has 0 atom stereocenters. The zero-order valence-electron chi connectivity index (χ0n) is 15.5. The van der Waals surface area contributed by atoms with Crippen LogP contribution in [-0.4, -0.2) is 46.3 Å². The molecule has 1 aliphatic rings. The summed E-state index contributed by atoms with van der Waals surface area (Å²) >= 11 is 1.46. The first-order valence-corrected chi connectivity index (χ1v) is 9.53. The largest absolute Gasteiger partial charge is 0.343 e.